The highest BCUT2D eigenvalue weighted by Crippen LogP contribution is 2.35. The molecule has 0 aliphatic carbocycles. The lowest BCUT2D eigenvalue weighted by Gasteiger charge is -2.40. The van der Waals surface area contributed by atoms with Crippen LogP contribution in [0.3, 0.4) is 0 Å². The fraction of sp³-hybridized carbons (Fsp3) is 0.435. The smallest absolute Gasteiger partial charge is 0.273 e. The van der Waals surface area contributed by atoms with E-state index >= 15 is 0 Å². The maximum Gasteiger partial charge on any atom is 0.273 e. The summed E-state index contributed by atoms with van der Waals surface area (Å²) in [6, 6.07) is 7.92. The van der Waals surface area contributed by atoms with Crippen molar-refractivity contribution in [1.82, 2.24) is 15.2 Å². The Kier molecular flexibility index (Phi) is 6.68. The van der Waals surface area contributed by atoms with Crippen LogP contribution in [0.15, 0.2) is 36.9 Å². The van der Waals surface area contributed by atoms with E-state index in [1.165, 1.54) is 11.6 Å². The van der Waals surface area contributed by atoms with Crippen molar-refractivity contribution in [1.29, 1.82) is 0 Å². The fourth-order valence-electron chi connectivity index (χ4n) is 3.92. The first-order valence-corrected chi connectivity index (χ1v) is 10.5. The molecular formula is C23H30N6O2. The van der Waals surface area contributed by atoms with Gasteiger partial charge in [-0.05, 0) is 47.9 Å². The first-order valence-electron chi connectivity index (χ1n) is 10.5. The lowest BCUT2D eigenvalue weighted by Crippen LogP contribution is -2.43. The van der Waals surface area contributed by atoms with Gasteiger partial charge in [-0.2, -0.15) is 4.98 Å². The normalized spacial score (nSPS) is 18.6. The number of carbonyl (C=O) groups is 2. The van der Waals surface area contributed by atoms with Crippen LogP contribution in [0.2, 0.25) is 0 Å². The number of amides is 1. The molecule has 3 N–H and O–H groups in total. The van der Waals surface area contributed by atoms with Gasteiger partial charge in [0.05, 0.1) is 0 Å². The zero-order chi connectivity index (χ0) is 22.6. The third-order valence-electron chi connectivity index (χ3n) is 5.64. The van der Waals surface area contributed by atoms with Crippen LogP contribution in [0.25, 0.3) is 0 Å². The van der Waals surface area contributed by atoms with E-state index in [0.717, 1.165) is 25.1 Å². The maximum atomic E-state index is 11.9. The van der Waals surface area contributed by atoms with Crippen molar-refractivity contribution in [2.75, 3.05) is 23.3 Å². The Balaban J connectivity index is 1.86. The summed E-state index contributed by atoms with van der Waals surface area (Å²) in [5, 5.41) is 11.3. The van der Waals surface area contributed by atoms with Crippen molar-refractivity contribution in [2.24, 2.45) is 11.1 Å². The van der Waals surface area contributed by atoms with Gasteiger partial charge in [-0.15, -0.1) is 10.2 Å². The van der Waals surface area contributed by atoms with Gasteiger partial charge in [0.2, 0.25) is 5.95 Å². The molecule has 2 heterocycles. The molecule has 1 aromatic heterocycles. The highest BCUT2D eigenvalue weighted by atomic mass is 16.1. The Morgan fingerprint density at radius 2 is 2.00 bits per heavy atom. The van der Waals surface area contributed by atoms with Crippen LogP contribution in [-0.2, 0) is 4.79 Å². The third-order valence-corrected chi connectivity index (χ3v) is 5.64. The molecule has 8 heteroatoms. The highest BCUT2D eigenvalue weighted by Gasteiger charge is 2.34. The van der Waals surface area contributed by atoms with E-state index < -0.39 is 5.91 Å². The van der Waals surface area contributed by atoms with Gasteiger partial charge in [0, 0.05) is 25.2 Å². The number of ketones is 1. The molecule has 164 valence electrons. The number of benzene rings is 1. The van der Waals surface area contributed by atoms with E-state index in [4.69, 9.17) is 5.73 Å². The van der Waals surface area contributed by atoms with Crippen LogP contribution in [0.1, 0.15) is 62.0 Å². The second-order valence-corrected chi connectivity index (χ2v) is 8.76. The van der Waals surface area contributed by atoms with Crippen LogP contribution < -0.4 is 16.0 Å². The van der Waals surface area contributed by atoms with Gasteiger partial charge in [0.15, 0.2) is 17.3 Å². The van der Waals surface area contributed by atoms with E-state index in [2.05, 4.69) is 47.8 Å². The summed E-state index contributed by atoms with van der Waals surface area (Å²) in [4.78, 5) is 30.4. The van der Waals surface area contributed by atoms with Gasteiger partial charge >= 0.3 is 0 Å². The van der Waals surface area contributed by atoms with Gasteiger partial charge in [0.25, 0.3) is 5.91 Å². The Bertz CT molecular complexity index is 973. The molecule has 3 rings (SSSR count). The van der Waals surface area contributed by atoms with Crippen molar-refractivity contribution < 1.29 is 9.59 Å². The Hall–Kier alpha value is -3.29. The average Bonchev–Trinajstić information content (AvgIpc) is 2.73. The number of primary amides is 1. The maximum absolute atomic E-state index is 11.9. The number of hydrogen-bond donors (Lipinski definition) is 2. The summed E-state index contributed by atoms with van der Waals surface area (Å²) in [6.07, 6.45) is 3.63. The summed E-state index contributed by atoms with van der Waals surface area (Å²) in [6.45, 7) is 11.3. The number of aromatic nitrogens is 3. The first-order chi connectivity index (χ1) is 14.7. The summed E-state index contributed by atoms with van der Waals surface area (Å²) in [5.74, 6) is 0.420. The molecule has 8 nitrogen and oxygen atoms in total. The molecule has 31 heavy (non-hydrogen) atoms. The Morgan fingerprint density at radius 3 is 2.61 bits per heavy atom. The molecule has 0 saturated carbocycles. The van der Waals surface area contributed by atoms with Crippen LogP contribution in [0.5, 0.6) is 0 Å². The zero-order valence-electron chi connectivity index (χ0n) is 18.4. The molecule has 0 bridgehead atoms. The van der Waals surface area contributed by atoms with Crippen LogP contribution in [-0.4, -0.2) is 40.0 Å². The van der Waals surface area contributed by atoms with Crippen molar-refractivity contribution in [3.8, 4) is 0 Å². The number of allylic oxidation sites excluding steroid dienone is 1. The van der Waals surface area contributed by atoms with Crippen molar-refractivity contribution in [2.45, 2.75) is 46.0 Å². The molecule has 1 saturated heterocycles. The summed E-state index contributed by atoms with van der Waals surface area (Å²) in [7, 11) is 0. The van der Waals surface area contributed by atoms with Gasteiger partial charge in [-0.1, -0.05) is 39.5 Å². The van der Waals surface area contributed by atoms with E-state index in [-0.39, 0.29) is 22.7 Å². The summed E-state index contributed by atoms with van der Waals surface area (Å²) >= 11 is 0. The molecule has 0 spiro atoms. The highest BCUT2D eigenvalue weighted by molar-refractivity contribution is 5.96. The molecule has 1 aliphatic heterocycles. The van der Waals surface area contributed by atoms with E-state index in [0.29, 0.717) is 24.8 Å². The predicted molar refractivity (Wildman–Crippen MR) is 122 cm³/mol. The van der Waals surface area contributed by atoms with Crippen LogP contribution in [0.4, 0.5) is 17.5 Å². The lowest BCUT2D eigenvalue weighted by molar-refractivity contribution is -0.116. The van der Waals surface area contributed by atoms with E-state index in [1.807, 2.05) is 29.2 Å². The topological polar surface area (TPSA) is 114 Å². The lowest BCUT2D eigenvalue weighted by atomic mass is 9.78. The first kappa shape index (κ1) is 22.4. The summed E-state index contributed by atoms with van der Waals surface area (Å²) in [5.41, 5.74) is 7.27. The van der Waals surface area contributed by atoms with Gasteiger partial charge in [-0.25, -0.2) is 0 Å². The van der Waals surface area contributed by atoms with Gasteiger partial charge in [-0.3, -0.25) is 9.59 Å². The number of carbonyl (C=O) groups excluding carboxylic acids is 2. The number of nitrogens with one attached hydrogen (secondary N) is 1. The third kappa shape index (κ3) is 5.45. The monoisotopic (exact) mass is 422 g/mol. The molecule has 2 aromatic rings. The van der Waals surface area contributed by atoms with E-state index in [9.17, 15) is 9.59 Å². The number of anilines is 3. The second kappa shape index (κ2) is 9.24. The second-order valence-electron chi connectivity index (χ2n) is 8.76. The Morgan fingerprint density at radius 1 is 1.29 bits per heavy atom. The molecule has 1 amide bonds. The standard InChI is InChI=1S/C23H30N6O2/c1-5-18(30)13-23(4)11-6-12-29(14-23)22-26-21(19(20(24)31)27-28-22)25-17-9-7-16(8-10-17)15(2)3/h5,7-10,15H,1,6,11-14H2,2-4H3,(H2,24,31)(H,25,26,28). The zero-order valence-corrected chi connectivity index (χ0v) is 18.4. The molecule has 0 radical (unpaired) electrons. The molecule has 1 unspecified atom stereocenters. The van der Waals surface area contributed by atoms with Crippen molar-refractivity contribution in [3.05, 3.63) is 48.2 Å². The van der Waals surface area contributed by atoms with Gasteiger partial charge < -0.3 is 16.0 Å². The van der Waals surface area contributed by atoms with Crippen molar-refractivity contribution in [3.63, 3.8) is 0 Å². The SMILES string of the molecule is C=CC(=O)CC1(C)CCCN(c2nnc(C(N)=O)c(Nc3ccc(C(C)C)cc3)n2)C1. The minimum atomic E-state index is -0.701. The molecular weight excluding hydrogens is 392 g/mol. The molecule has 1 aromatic carbocycles. The molecule has 1 aliphatic rings. The molecule has 1 fully saturated rings. The minimum Gasteiger partial charge on any atom is -0.364 e. The predicted octanol–water partition coefficient (Wildman–Crippen LogP) is 3.59. The number of rotatable bonds is 8. The number of nitrogens with two attached hydrogens (primary N) is 1. The van der Waals surface area contributed by atoms with Crippen LogP contribution in [0, 0.1) is 5.41 Å². The largest absolute Gasteiger partial charge is 0.364 e. The molecule has 1 atom stereocenters. The summed E-state index contributed by atoms with van der Waals surface area (Å²) < 4.78 is 0. The number of nitrogens with zero attached hydrogens (tertiary/aromatic N) is 4. The van der Waals surface area contributed by atoms with Crippen molar-refractivity contribution >= 4 is 29.1 Å². The Labute approximate surface area is 183 Å². The van der Waals surface area contributed by atoms with Crippen LogP contribution >= 0.6 is 0 Å². The van der Waals surface area contributed by atoms with Gasteiger partial charge in [0.1, 0.15) is 0 Å². The quantitative estimate of drug-likeness (QED) is 0.625. The number of hydrogen-bond acceptors (Lipinski definition) is 7. The van der Waals surface area contributed by atoms with E-state index in [1.54, 1.807) is 0 Å². The average molecular weight is 423 g/mol. The number of piperidine rings is 1. The minimum absolute atomic E-state index is 0.0155. The fourth-order valence-corrected chi connectivity index (χ4v) is 3.92.